The summed E-state index contributed by atoms with van der Waals surface area (Å²) >= 11 is 0. The van der Waals surface area contributed by atoms with Gasteiger partial charge in [0.25, 0.3) is 0 Å². The van der Waals surface area contributed by atoms with Gasteiger partial charge in [0.2, 0.25) is 5.91 Å². The van der Waals surface area contributed by atoms with Gasteiger partial charge in [-0.15, -0.1) is 0 Å². The van der Waals surface area contributed by atoms with Crippen LogP contribution < -0.4 is 5.32 Å². The van der Waals surface area contributed by atoms with Gasteiger partial charge in [-0.05, 0) is 19.3 Å². The highest BCUT2D eigenvalue weighted by molar-refractivity contribution is 5.97. The topological polar surface area (TPSA) is 70.7 Å². The maximum Gasteiger partial charge on any atom is 0.244 e. The van der Waals surface area contributed by atoms with Crippen LogP contribution in [-0.4, -0.2) is 15.7 Å². The van der Waals surface area contributed by atoms with E-state index in [-0.39, 0.29) is 5.91 Å². The summed E-state index contributed by atoms with van der Waals surface area (Å²) in [5.74, 6) is -0.238. The third kappa shape index (κ3) is 2.53. The summed E-state index contributed by atoms with van der Waals surface area (Å²) in [4.78, 5) is 12.2. The van der Waals surface area contributed by atoms with Gasteiger partial charge in [0.05, 0.1) is 17.5 Å². The molecule has 0 spiro atoms. The second kappa shape index (κ2) is 5.67. The zero-order chi connectivity index (χ0) is 13.8. The summed E-state index contributed by atoms with van der Waals surface area (Å²) in [5, 5.41) is 16.3. The Morgan fingerprint density at radius 2 is 2.11 bits per heavy atom. The third-order valence-corrected chi connectivity index (χ3v) is 3.34. The lowest BCUT2D eigenvalue weighted by Crippen LogP contribution is -2.34. The van der Waals surface area contributed by atoms with Crippen LogP contribution in [0.2, 0.25) is 0 Å². The van der Waals surface area contributed by atoms with Crippen molar-refractivity contribution in [2.45, 2.75) is 40.0 Å². The fourth-order valence-electron chi connectivity index (χ4n) is 1.92. The fourth-order valence-corrected chi connectivity index (χ4v) is 1.92. The Hall–Kier alpha value is -1.83. The Labute approximate surface area is 108 Å². The lowest BCUT2D eigenvalue weighted by Gasteiger charge is -2.21. The molecule has 1 N–H and O–H groups in total. The van der Waals surface area contributed by atoms with E-state index in [2.05, 4.69) is 16.5 Å². The van der Waals surface area contributed by atoms with Crippen LogP contribution in [0.5, 0.6) is 0 Å². The summed E-state index contributed by atoms with van der Waals surface area (Å²) in [6.07, 6.45) is 3.53. The number of hydrogen-bond acceptors (Lipinski definition) is 3. The van der Waals surface area contributed by atoms with Gasteiger partial charge in [-0.25, -0.2) is 0 Å². The Balaban J connectivity index is 2.97. The van der Waals surface area contributed by atoms with Crippen LogP contribution in [0, 0.1) is 16.7 Å². The lowest BCUT2D eigenvalue weighted by atomic mass is 9.83. The quantitative estimate of drug-likeness (QED) is 0.868. The second-order valence-electron chi connectivity index (χ2n) is 4.37. The van der Waals surface area contributed by atoms with Crippen molar-refractivity contribution in [3.63, 3.8) is 0 Å². The number of aromatic nitrogens is 2. The average Bonchev–Trinajstić information content (AvgIpc) is 2.72. The minimum Gasteiger partial charge on any atom is -0.322 e. The van der Waals surface area contributed by atoms with E-state index in [0.717, 1.165) is 12.1 Å². The van der Waals surface area contributed by atoms with E-state index >= 15 is 0 Å². The number of anilines is 1. The molecule has 5 nitrogen and oxygen atoms in total. The molecule has 0 bridgehead atoms. The van der Waals surface area contributed by atoms with Gasteiger partial charge in [-0.3, -0.25) is 9.48 Å². The molecular formula is C13H20N4O. The monoisotopic (exact) mass is 248 g/mol. The van der Waals surface area contributed by atoms with Gasteiger partial charge in [0.1, 0.15) is 5.41 Å². The molecule has 0 fully saturated rings. The Morgan fingerprint density at radius 3 is 2.56 bits per heavy atom. The van der Waals surface area contributed by atoms with E-state index in [9.17, 15) is 10.1 Å². The number of hydrogen-bond donors (Lipinski definition) is 1. The lowest BCUT2D eigenvalue weighted by molar-refractivity contribution is -0.123. The van der Waals surface area contributed by atoms with Crippen molar-refractivity contribution in [2.75, 3.05) is 5.32 Å². The van der Waals surface area contributed by atoms with Crippen molar-refractivity contribution in [1.82, 2.24) is 9.78 Å². The van der Waals surface area contributed by atoms with Crippen molar-refractivity contribution in [3.8, 4) is 6.07 Å². The number of carbonyl (C=O) groups is 1. The molecule has 0 radical (unpaired) electrons. The van der Waals surface area contributed by atoms with E-state index in [1.165, 1.54) is 0 Å². The highest BCUT2D eigenvalue weighted by atomic mass is 16.2. The summed E-state index contributed by atoms with van der Waals surface area (Å²) < 4.78 is 1.67. The molecule has 1 aromatic rings. The Kier molecular flexibility index (Phi) is 4.49. The van der Waals surface area contributed by atoms with Crippen molar-refractivity contribution < 1.29 is 4.79 Å². The number of rotatable bonds is 5. The molecular weight excluding hydrogens is 228 g/mol. The van der Waals surface area contributed by atoms with Crippen LogP contribution in [-0.2, 0) is 18.3 Å². The number of carbonyl (C=O) groups excluding carboxylic acids is 1. The van der Waals surface area contributed by atoms with E-state index in [1.807, 2.05) is 27.8 Å². The number of nitrogens with zero attached hydrogens (tertiary/aromatic N) is 3. The molecule has 0 unspecified atom stereocenters. The summed E-state index contributed by atoms with van der Waals surface area (Å²) in [7, 11) is 1.81. The second-order valence-corrected chi connectivity index (χ2v) is 4.37. The first-order chi connectivity index (χ1) is 8.52. The van der Waals surface area contributed by atoms with Crippen LogP contribution >= 0.6 is 0 Å². The maximum atomic E-state index is 12.2. The third-order valence-electron chi connectivity index (χ3n) is 3.34. The maximum absolute atomic E-state index is 12.2. The fraction of sp³-hybridized carbons (Fsp3) is 0.615. The van der Waals surface area contributed by atoms with E-state index in [1.54, 1.807) is 10.9 Å². The molecule has 0 saturated carbocycles. The van der Waals surface area contributed by atoms with Crippen LogP contribution in [0.3, 0.4) is 0 Å². The standard InChI is InChI=1S/C13H20N4O/c1-5-10-11(8-17(4)16-10)15-12(18)13(6-2,7-3)9-14/h8H,5-7H2,1-4H3,(H,15,18). The summed E-state index contributed by atoms with van der Waals surface area (Å²) in [5.41, 5.74) is 0.595. The highest BCUT2D eigenvalue weighted by Crippen LogP contribution is 2.28. The Morgan fingerprint density at radius 1 is 1.50 bits per heavy atom. The molecule has 1 heterocycles. The van der Waals surface area contributed by atoms with Gasteiger partial charge >= 0.3 is 0 Å². The summed E-state index contributed by atoms with van der Waals surface area (Å²) in [6, 6.07) is 2.14. The normalized spacial score (nSPS) is 11.1. The largest absolute Gasteiger partial charge is 0.322 e. The smallest absolute Gasteiger partial charge is 0.244 e. The zero-order valence-corrected chi connectivity index (χ0v) is 11.4. The molecule has 0 saturated heterocycles. The number of amides is 1. The van der Waals surface area contributed by atoms with Gasteiger partial charge < -0.3 is 5.32 Å². The summed E-state index contributed by atoms with van der Waals surface area (Å²) in [6.45, 7) is 5.70. The van der Waals surface area contributed by atoms with Crippen LogP contribution in [0.25, 0.3) is 0 Å². The molecule has 0 atom stereocenters. The molecule has 0 aliphatic carbocycles. The number of aryl methyl sites for hydroxylation is 2. The first-order valence-electron chi connectivity index (χ1n) is 6.28. The van der Waals surface area contributed by atoms with E-state index < -0.39 is 5.41 Å². The van der Waals surface area contributed by atoms with Gasteiger partial charge in [0.15, 0.2) is 0 Å². The van der Waals surface area contributed by atoms with Crippen molar-refractivity contribution in [2.24, 2.45) is 12.5 Å². The average molecular weight is 248 g/mol. The van der Waals surface area contributed by atoms with Crippen molar-refractivity contribution in [3.05, 3.63) is 11.9 Å². The van der Waals surface area contributed by atoms with E-state index in [0.29, 0.717) is 18.5 Å². The van der Waals surface area contributed by atoms with Crippen LogP contribution in [0.15, 0.2) is 6.20 Å². The number of nitrogens with one attached hydrogen (secondary N) is 1. The van der Waals surface area contributed by atoms with Gasteiger partial charge in [-0.1, -0.05) is 20.8 Å². The minimum absolute atomic E-state index is 0.238. The zero-order valence-electron chi connectivity index (χ0n) is 11.4. The SMILES string of the molecule is CCc1nn(C)cc1NC(=O)C(C#N)(CC)CC. The van der Waals surface area contributed by atoms with Crippen molar-refractivity contribution >= 4 is 11.6 Å². The van der Waals surface area contributed by atoms with E-state index in [4.69, 9.17) is 0 Å². The molecule has 5 heteroatoms. The molecule has 1 amide bonds. The van der Waals surface area contributed by atoms with Gasteiger partial charge in [0, 0.05) is 13.2 Å². The molecule has 0 aliphatic rings. The van der Waals surface area contributed by atoms with Gasteiger partial charge in [-0.2, -0.15) is 10.4 Å². The minimum atomic E-state index is -0.944. The predicted molar refractivity (Wildman–Crippen MR) is 69.8 cm³/mol. The molecule has 0 aliphatic heterocycles. The van der Waals surface area contributed by atoms with Crippen molar-refractivity contribution in [1.29, 1.82) is 5.26 Å². The first kappa shape index (κ1) is 14.2. The highest BCUT2D eigenvalue weighted by Gasteiger charge is 2.35. The van der Waals surface area contributed by atoms with Crippen LogP contribution in [0.1, 0.15) is 39.3 Å². The predicted octanol–water partition coefficient (Wildman–Crippen LogP) is 2.25. The molecule has 98 valence electrons. The Bertz CT molecular complexity index is 466. The molecule has 1 rings (SSSR count). The molecule has 18 heavy (non-hydrogen) atoms. The molecule has 0 aromatic carbocycles. The number of nitriles is 1. The van der Waals surface area contributed by atoms with Crippen LogP contribution in [0.4, 0.5) is 5.69 Å². The molecule has 1 aromatic heterocycles. The first-order valence-corrected chi connectivity index (χ1v) is 6.28.